The number of anilines is 2. The van der Waals surface area contributed by atoms with Crippen molar-refractivity contribution in [2.75, 3.05) is 24.2 Å². The minimum atomic E-state index is -0.314. The van der Waals surface area contributed by atoms with Gasteiger partial charge in [-0.15, -0.1) is 0 Å². The molecule has 0 spiro atoms. The lowest BCUT2D eigenvalue weighted by atomic mass is 10.2. The van der Waals surface area contributed by atoms with E-state index in [1.807, 2.05) is 26.0 Å². The molecule has 5 nitrogen and oxygen atoms in total. The number of amides is 1. The zero-order valence-corrected chi connectivity index (χ0v) is 13.4. The molecule has 5 heteroatoms. The summed E-state index contributed by atoms with van der Waals surface area (Å²) in [7, 11) is 0. The Morgan fingerprint density at radius 1 is 1.33 bits per heavy atom. The highest BCUT2D eigenvalue weighted by Crippen LogP contribution is 2.26. The maximum atomic E-state index is 11.9. The van der Waals surface area contributed by atoms with Crippen molar-refractivity contribution in [2.24, 2.45) is 5.92 Å². The Morgan fingerprint density at radius 2 is 2.05 bits per heavy atom. The predicted octanol–water partition coefficient (Wildman–Crippen LogP) is 2.63. The van der Waals surface area contributed by atoms with Crippen molar-refractivity contribution in [1.82, 2.24) is 5.32 Å². The third-order valence-corrected chi connectivity index (χ3v) is 2.94. The molecule has 1 aromatic carbocycles. The van der Waals surface area contributed by atoms with E-state index in [9.17, 15) is 4.79 Å². The first-order valence-corrected chi connectivity index (χ1v) is 7.50. The molecule has 0 heterocycles. The number of nitrogen functional groups attached to an aromatic ring is 1. The lowest BCUT2D eigenvalue weighted by Crippen LogP contribution is -2.39. The SMILES string of the molecule is CCCOc1cc(NC(C)C(=O)NCC(C)C)ccc1N. The first kappa shape index (κ1) is 17.1. The average molecular weight is 293 g/mol. The van der Waals surface area contributed by atoms with E-state index in [-0.39, 0.29) is 11.9 Å². The van der Waals surface area contributed by atoms with E-state index >= 15 is 0 Å². The second kappa shape index (κ2) is 8.39. The molecule has 1 atom stereocenters. The minimum absolute atomic E-state index is 0.0171. The van der Waals surface area contributed by atoms with Crippen LogP contribution in [0.1, 0.15) is 34.1 Å². The van der Waals surface area contributed by atoms with Gasteiger partial charge in [-0.2, -0.15) is 0 Å². The number of ether oxygens (including phenoxy) is 1. The maximum Gasteiger partial charge on any atom is 0.242 e. The monoisotopic (exact) mass is 293 g/mol. The molecule has 0 saturated heterocycles. The number of benzene rings is 1. The zero-order chi connectivity index (χ0) is 15.8. The number of carbonyl (C=O) groups excluding carboxylic acids is 1. The lowest BCUT2D eigenvalue weighted by molar-refractivity contribution is -0.121. The number of hydrogen-bond donors (Lipinski definition) is 3. The van der Waals surface area contributed by atoms with Crippen molar-refractivity contribution in [2.45, 2.75) is 40.2 Å². The van der Waals surface area contributed by atoms with Gasteiger partial charge in [0.2, 0.25) is 5.91 Å². The van der Waals surface area contributed by atoms with Crippen molar-refractivity contribution in [1.29, 1.82) is 0 Å². The molecule has 0 fully saturated rings. The standard InChI is InChI=1S/C16H27N3O2/c1-5-8-21-15-9-13(6-7-14(15)17)19-12(4)16(20)18-10-11(2)3/h6-7,9,11-12,19H,5,8,10,17H2,1-4H3,(H,18,20). The molecule has 0 radical (unpaired) electrons. The number of rotatable bonds is 8. The fraction of sp³-hybridized carbons (Fsp3) is 0.562. The summed E-state index contributed by atoms with van der Waals surface area (Å²) in [4.78, 5) is 11.9. The van der Waals surface area contributed by atoms with Crippen molar-refractivity contribution in [3.63, 3.8) is 0 Å². The minimum Gasteiger partial charge on any atom is -0.491 e. The summed E-state index contributed by atoms with van der Waals surface area (Å²) in [5, 5.41) is 6.07. The predicted molar refractivity (Wildman–Crippen MR) is 87.6 cm³/mol. The molecule has 118 valence electrons. The maximum absolute atomic E-state index is 11.9. The van der Waals surface area contributed by atoms with Crippen LogP contribution < -0.4 is 21.1 Å². The molecule has 0 bridgehead atoms. The van der Waals surface area contributed by atoms with E-state index in [1.54, 1.807) is 6.07 Å². The molecule has 0 aliphatic rings. The summed E-state index contributed by atoms with van der Waals surface area (Å²) < 4.78 is 5.58. The fourth-order valence-corrected chi connectivity index (χ4v) is 1.73. The topological polar surface area (TPSA) is 76.4 Å². The van der Waals surface area contributed by atoms with Crippen LogP contribution in [0.4, 0.5) is 11.4 Å². The number of nitrogens with one attached hydrogen (secondary N) is 2. The Kier molecular flexibility index (Phi) is 6.85. The van der Waals surface area contributed by atoms with E-state index in [0.29, 0.717) is 30.5 Å². The molecule has 1 rings (SSSR count). The van der Waals surface area contributed by atoms with Crippen LogP contribution in [-0.4, -0.2) is 25.1 Å². The summed E-state index contributed by atoms with van der Waals surface area (Å²) in [5.74, 6) is 1.07. The Labute approximate surface area is 127 Å². The van der Waals surface area contributed by atoms with Gasteiger partial charge in [0, 0.05) is 18.3 Å². The van der Waals surface area contributed by atoms with E-state index in [2.05, 4.69) is 24.5 Å². The highest BCUT2D eigenvalue weighted by Gasteiger charge is 2.13. The number of nitrogens with two attached hydrogens (primary N) is 1. The van der Waals surface area contributed by atoms with E-state index in [1.165, 1.54) is 0 Å². The molecule has 1 amide bonds. The highest BCUT2D eigenvalue weighted by atomic mass is 16.5. The van der Waals surface area contributed by atoms with Crippen LogP contribution in [0, 0.1) is 5.92 Å². The number of hydrogen-bond acceptors (Lipinski definition) is 4. The summed E-state index contributed by atoms with van der Waals surface area (Å²) in [5.41, 5.74) is 7.29. The van der Waals surface area contributed by atoms with Crippen LogP contribution in [0.5, 0.6) is 5.75 Å². The van der Waals surface area contributed by atoms with E-state index in [4.69, 9.17) is 10.5 Å². The van der Waals surface area contributed by atoms with Gasteiger partial charge in [-0.1, -0.05) is 20.8 Å². The van der Waals surface area contributed by atoms with E-state index < -0.39 is 0 Å². The summed E-state index contributed by atoms with van der Waals surface area (Å²) in [6.45, 7) is 9.30. The molecule has 4 N–H and O–H groups in total. The molecule has 0 aliphatic heterocycles. The van der Waals surface area contributed by atoms with Gasteiger partial charge in [-0.25, -0.2) is 0 Å². The summed E-state index contributed by atoms with van der Waals surface area (Å²) in [6.07, 6.45) is 0.922. The highest BCUT2D eigenvalue weighted by molar-refractivity contribution is 5.84. The lowest BCUT2D eigenvalue weighted by Gasteiger charge is -2.17. The first-order valence-electron chi connectivity index (χ1n) is 7.50. The molecule has 21 heavy (non-hydrogen) atoms. The van der Waals surface area contributed by atoms with Crippen LogP contribution in [0.2, 0.25) is 0 Å². The fourth-order valence-electron chi connectivity index (χ4n) is 1.73. The Bertz CT molecular complexity index is 461. The van der Waals surface area contributed by atoms with Crippen LogP contribution in [0.15, 0.2) is 18.2 Å². The normalized spacial score (nSPS) is 12.0. The van der Waals surface area contributed by atoms with Gasteiger partial charge < -0.3 is 21.1 Å². The van der Waals surface area contributed by atoms with E-state index in [0.717, 1.165) is 12.1 Å². The number of carbonyl (C=O) groups is 1. The molecule has 1 aromatic rings. The molecular weight excluding hydrogens is 266 g/mol. The zero-order valence-electron chi connectivity index (χ0n) is 13.4. The second-order valence-electron chi connectivity index (χ2n) is 5.61. The second-order valence-corrected chi connectivity index (χ2v) is 5.61. The van der Waals surface area contributed by atoms with Crippen LogP contribution in [-0.2, 0) is 4.79 Å². The van der Waals surface area contributed by atoms with Gasteiger partial charge in [0.1, 0.15) is 11.8 Å². The van der Waals surface area contributed by atoms with Crippen molar-refractivity contribution >= 4 is 17.3 Å². The van der Waals surface area contributed by atoms with Gasteiger partial charge in [0.25, 0.3) is 0 Å². The van der Waals surface area contributed by atoms with Crippen LogP contribution in [0.3, 0.4) is 0 Å². The van der Waals surface area contributed by atoms with Crippen LogP contribution >= 0.6 is 0 Å². The van der Waals surface area contributed by atoms with Gasteiger partial charge in [0.05, 0.1) is 12.3 Å². The third-order valence-electron chi connectivity index (χ3n) is 2.94. The van der Waals surface area contributed by atoms with Crippen molar-refractivity contribution < 1.29 is 9.53 Å². The smallest absolute Gasteiger partial charge is 0.242 e. The Hall–Kier alpha value is -1.91. The van der Waals surface area contributed by atoms with Crippen molar-refractivity contribution in [3.8, 4) is 5.75 Å². The van der Waals surface area contributed by atoms with Gasteiger partial charge >= 0.3 is 0 Å². The third kappa shape index (κ3) is 5.94. The molecular formula is C16H27N3O2. The quantitative estimate of drug-likeness (QED) is 0.644. The molecule has 0 saturated carbocycles. The molecule has 1 unspecified atom stereocenters. The summed E-state index contributed by atoms with van der Waals surface area (Å²) >= 11 is 0. The Morgan fingerprint density at radius 3 is 2.67 bits per heavy atom. The largest absolute Gasteiger partial charge is 0.491 e. The molecule has 0 aliphatic carbocycles. The Balaban J connectivity index is 2.63. The van der Waals surface area contributed by atoms with Gasteiger partial charge in [0.15, 0.2) is 0 Å². The summed E-state index contributed by atoms with van der Waals surface area (Å²) in [6, 6.07) is 5.15. The first-order chi connectivity index (χ1) is 9.93. The van der Waals surface area contributed by atoms with Crippen LogP contribution in [0.25, 0.3) is 0 Å². The average Bonchev–Trinajstić information content (AvgIpc) is 2.45. The molecule has 0 aromatic heterocycles. The van der Waals surface area contributed by atoms with Crippen molar-refractivity contribution in [3.05, 3.63) is 18.2 Å². The van der Waals surface area contributed by atoms with Gasteiger partial charge in [-0.05, 0) is 31.4 Å². The van der Waals surface area contributed by atoms with Gasteiger partial charge in [-0.3, -0.25) is 4.79 Å².